The molecule has 0 spiro atoms. The molecule has 1 aliphatic heterocycles. The zero-order valence-corrected chi connectivity index (χ0v) is 12.3. The Bertz CT molecular complexity index is 550. The summed E-state index contributed by atoms with van der Waals surface area (Å²) < 4.78 is 0.986. The van der Waals surface area contributed by atoms with E-state index < -0.39 is 0 Å². The number of carbonyl (C=O) groups excluding carboxylic acids is 2. The van der Waals surface area contributed by atoms with Gasteiger partial charge in [0.15, 0.2) is 5.78 Å². The fourth-order valence-electron chi connectivity index (χ4n) is 1.85. The van der Waals surface area contributed by atoms with Gasteiger partial charge in [-0.15, -0.1) is 0 Å². The molecule has 2 rings (SSSR count). The molecule has 4 nitrogen and oxygen atoms in total. The van der Waals surface area contributed by atoms with Crippen LogP contribution in [0.3, 0.4) is 0 Å². The quantitative estimate of drug-likeness (QED) is 0.620. The predicted octanol–water partition coefficient (Wildman–Crippen LogP) is 2.26. The van der Waals surface area contributed by atoms with Gasteiger partial charge in [-0.25, -0.2) is 0 Å². The molecule has 0 unspecified atom stereocenters. The van der Waals surface area contributed by atoms with Crippen LogP contribution < -0.4 is 5.32 Å². The molecule has 1 aliphatic rings. The highest BCUT2D eigenvalue weighted by Gasteiger charge is 2.24. The number of hydrogen-bond acceptors (Lipinski definition) is 3. The van der Waals surface area contributed by atoms with Crippen molar-refractivity contribution >= 4 is 40.0 Å². The SMILES string of the molecule is CN(C)/C=C1/CC(=O)Nc2cc(I)ccc2C1=O. The van der Waals surface area contributed by atoms with Crippen molar-refractivity contribution in [2.45, 2.75) is 6.42 Å². The van der Waals surface area contributed by atoms with E-state index in [0.717, 1.165) is 3.57 Å². The van der Waals surface area contributed by atoms with E-state index in [4.69, 9.17) is 0 Å². The van der Waals surface area contributed by atoms with Crippen molar-refractivity contribution in [1.29, 1.82) is 0 Å². The van der Waals surface area contributed by atoms with E-state index in [1.807, 2.05) is 26.2 Å². The van der Waals surface area contributed by atoms with E-state index in [0.29, 0.717) is 16.8 Å². The summed E-state index contributed by atoms with van der Waals surface area (Å²) in [6.07, 6.45) is 1.82. The lowest BCUT2D eigenvalue weighted by Gasteiger charge is -2.08. The Hall–Kier alpha value is -1.37. The molecule has 1 heterocycles. The maximum atomic E-state index is 12.3. The van der Waals surface area contributed by atoms with E-state index >= 15 is 0 Å². The highest BCUT2D eigenvalue weighted by molar-refractivity contribution is 14.1. The lowest BCUT2D eigenvalue weighted by atomic mass is 10.0. The lowest BCUT2D eigenvalue weighted by Crippen LogP contribution is -2.12. The first-order valence-electron chi connectivity index (χ1n) is 5.48. The van der Waals surface area contributed by atoms with Crippen molar-refractivity contribution in [2.24, 2.45) is 0 Å². The average molecular weight is 356 g/mol. The van der Waals surface area contributed by atoms with Crippen molar-refractivity contribution in [1.82, 2.24) is 4.90 Å². The molecule has 0 fully saturated rings. The van der Waals surface area contributed by atoms with Gasteiger partial charge in [0.1, 0.15) is 0 Å². The van der Waals surface area contributed by atoms with Crippen LogP contribution in [0.5, 0.6) is 0 Å². The molecule has 18 heavy (non-hydrogen) atoms. The average Bonchev–Trinajstić information content (AvgIpc) is 2.36. The number of Topliss-reactive ketones (excluding diaryl/α,β-unsaturated/α-hetero) is 1. The molecule has 0 atom stereocenters. The molecule has 0 aliphatic carbocycles. The standard InChI is InChI=1S/C13H13IN2O2/c1-16(2)7-8-5-12(17)15-11-6-9(14)3-4-10(11)13(8)18/h3-4,6-7H,5H2,1-2H3,(H,15,17)/b8-7-. The van der Waals surface area contributed by atoms with Crippen molar-refractivity contribution in [3.8, 4) is 0 Å². The third kappa shape index (κ3) is 2.72. The first-order valence-corrected chi connectivity index (χ1v) is 6.56. The largest absolute Gasteiger partial charge is 0.383 e. The molecule has 94 valence electrons. The van der Waals surface area contributed by atoms with Crippen molar-refractivity contribution in [3.05, 3.63) is 39.1 Å². The summed E-state index contributed by atoms with van der Waals surface area (Å²) >= 11 is 2.15. The maximum absolute atomic E-state index is 12.3. The summed E-state index contributed by atoms with van der Waals surface area (Å²) in [5.74, 6) is -0.245. The molecule has 0 aromatic heterocycles. The van der Waals surface area contributed by atoms with E-state index in [9.17, 15) is 9.59 Å². The van der Waals surface area contributed by atoms with Gasteiger partial charge < -0.3 is 10.2 Å². The lowest BCUT2D eigenvalue weighted by molar-refractivity contribution is -0.115. The minimum atomic E-state index is -0.155. The monoisotopic (exact) mass is 356 g/mol. The van der Waals surface area contributed by atoms with Crippen LogP contribution in [-0.4, -0.2) is 30.7 Å². The number of ketones is 1. The second-order valence-corrected chi connectivity index (χ2v) is 5.61. The fourth-order valence-corrected chi connectivity index (χ4v) is 2.35. The molecule has 1 amide bonds. The summed E-state index contributed by atoms with van der Waals surface area (Å²) in [7, 11) is 3.66. The number of hydrogen-bond donors (Lipinski definition) is 1. The number of anilines is 1. The molecule has 1 aromatic carbocycles. The Morgan fingerprint density at radius 3 is 2.72 bits per heavy atom. The van der Waals surface area contributed by atoms with Gasteiger partial charge in [-0.1, -0.05) is 0 Å². The first-order chi connectivity index (χ1) is 8.47. The summed E-state index contributed by atoms with van der Waals surface area (Å²) in [4.78, 5) is 25.9. The number of fused-ring (bicyclic) bond motifs is 1. The Kier molecular flexibility index (Phi) is 3.70. The zero-order valence-electron chi connectivity index (χ0n) is 10.2. The number of rotatable bonds is 1. The Balaban J connectivity index is 2.52. The van der Waals surface area contributed by atoms with Crippen molar-refractivity contribution < 1.29 is 9.59 Å². The molecular weight excluding hydrogens is 343 g/mol. The smallest absolute Gasteiger partial charge is 0.229 e. The molecule has 1 aromatic rings. The van der Waals surface area contributed by atoms with Gasteiger partial charge in [-0.05, 0) is 40.8 Å². The summed E-state index contributed by atoms with van der Waals surface area (Å²) in [5, 5.41) is 2.77. The first kappa shape index (κ1) is 13.1. The number of nitrogens with one attached hydrogen (secondary N) is 1. The number of carbonyl (C=O) groups is 2. The van der Waals surface area contributed by atoms with Crippen LogP contribution >= 0.6 is 22.6 Å². The van der Waals surface area contributed by atoms with Gasteiger partial charge in [-0.3, -0.25) is 9.59 Å². The highest BCUT2D eigenvalue weighted by atomic mass is 127. The minimum Gasteiger partial charge on any atom is -0.383 e. The number of halogens is 1. The van der Waals surface area contributed by atoms with Crippen LogP contribution in [0.2, 0.25) is 0 Å². The Labute approximate surface area is 119 Å². The molecule has 5 heteroatoms. The summed E-state index contributed by atoms with van der Waals surface area (Å²) in [6, 6.07) is 5.43. The van der Waals surface area contributed by atoms with Crippen LogP contribution in [0, 0.1) is 3.57 Å². The fraction of sp³-hybridized carbons (Fsp3) is 0.231. The predicted molar refractivity (Wildman–Crippen MR) is 78.5 cm³/mol. The molecular formula is C13H13IN2O2. The van der Waals surface area contributed by atoms with Gasteiger partial charge in [0.05, 0.1) is 12.1 Å². The second kappa shape index (κ2) is 5.09. The zero-order chi connectivity index (χ0) is 13.3. The second-order valence-electron chi connectivity index (χ2n) is 4.36. The van der Waals surface area contributed by atoms with Gasteiger partial charge >= 0.3 is 0 Å². The van der Waals surface area contributed by atoms with Gasteiger partial charge in [0.25, 0.3) is 0 Å². The van der Waals surface area contributed by atoms with E-state index in [-0.39, 0.29) is 18.1 Å². The topological polar surface area (TPSA) is 49.4 Å². The van der Waals surface area contributed by atoms with Crippen LogP contribution in [0.15, 0.2) is 30.0 Å². The van der Waals surface area contributed by atoms with Gasteiger partial charge in [0, 0.05) is 35.0 Å². The summed E-state index contributed by atoms with van der Waals surface area (Å²) in [6.45, 7) is 0. The van der Waals surface area contributed by atoms with Crippen molar-refractivity contribution in [2.75, 3.05) is 19.4 Å². The summed E-state index contributed by atoms with van der Waals surface area (Å²) in [5.41, 5.74) is 1.66. The third-order valence-electron chi connectivity index (χ3n) is 2.56. The minimum absolute atomic E-state index is 0.0894. The van der Waals surface area contributed by atoms with Crippen LogP contribution in [0.25, 0.3) is 0 Å². The van der Waals surface area contributed by atoms with E-state index in [2.05, 4.69) is 27.9 Å². The number of amides is 1. The molecule has 0 bridgehead atoms. The van der Waals surface area contributed by atoms with Gasteiger partial charge in [0.2, 0.25) is 5.91 Å². The molecule has 0 radical (unpaired) electrons. The maximum Gasteiger partial charge on any atom is 0.229 e. The number of nitrogens with zero attached hydrogens (tertiary/aromatic N) is 1. The molecule has 0 saturated heterocycles. The highest BCUT2D eigenvalue weighted by Crippen LogP contribution is 2.26. The normalized spacial score (nSPS) is 17.2. The molecule has 1 N–H and O–H groups in total. The molecule has 0 saturated carbocycles. The third-order valence-corrected chi connectivity index (χ3v) is 3.23. The van der Waals surface area contributed by atoms with Crippen molar-refractivity contribution in [3.63, 3.8) is 0 Å². The van der Waals surface area contributed by atoms with E-state index in [1.165, 1.54) is 0 Å². The van der Waals surface area contributed by atoms with E-state index in [1.54, 1.807) is 17.2 Å². The number of benzene rings is 1. The van der Waals surface area contributed by atoms with Gasteiger partial charge in [-0.2, -0.15) is 0 Å². The van der Waals surface area contributed by atoms with Crippen LogP contribution in [0.1, 0.15) is 16.8 Å². The Morgan fingerprint density at radius 2 is 2.06 bits per heavy atom. The Morgan fingerprint density at radius 1 is 1.33 bits per heavy atom. The van der Waals surface area contributed by atoms with Crippen LogP contribution in [0.4, 0.5) is 5.69 Å². The van der Waals surface area contributed by atoms with Crippen LogP contribution in [-0.2, 0) is 4.79 Å².